The van der Waals surface area contributed by atoms with Crippen LogP contribution in [0.25, 0.3) is 11.3 Å². The second kappa shape index (κ2) is 1.87. The van der Waals surface area contributed by atoms with Crippen molar-refractivity contribution in [1.29, 1.82) is 0 Å². The van der Waals surface area contributed by atoms with Gasteiger partial charge in [0.25, 0.3) is 0 Å². The van der Waals surface area contributed by atoms with Crippen LogP contribution in [0.2, 0.25) is 0 Å². The Balaban J connectivity index is 2.80. The SMILES string of the molecule is Cc1cc[n-]c2cccc1-2. The van der Waals surface area contributed by atoms with Crippen molar-refractivity contribution in [3.63, 3.8) is 0 Å². The lowest BCUT2D eigenvalue weighted by molar-refractivity contribution is 1.27. The van der Waals surface area contributed by atoms with Gasteiger partial charge in [-0.05, 0) is 18.1 Å². The van der Waals surface area contributed by atoms with Crippen LogP contribution in [0.15, 0.2) is 30.5 Å². The molecule has 2 aliphatic rings. The third kappa shape index (κ3) is 0.637. The van der Waals surface area contributed by atoms with E-state index >= 15 is 0 Å². The summed E-state index contributed by atoms with van der Waals surface area (Å²) in [5, 5.41) is 0. The Morgan fingerprint density at radius 2 is 2.10 bits per heavy atom. The Labute approximate surface area is 60.0 Å². The summed E-state index contributed by atoms with van der Waals surface area (Å²) in [6.07, 6.45) is 1.84. The number of aryl methyl sites for hydroxylation is 1. The van der Waals surface area contributed by atoms with Gasteiger partial charge in [-0.25, -0.2) is 0 Å². The van der Waals surface area contributed by atoms with Crippen molar-refractivity contribution in [2.75, 3.05) is 0 Å². The van der Waals surface area contributed by atoms with Crippen LogP contribution in [0.4, 0.5) is 0 Å². The molecule has 0 bridgehead atoms. The molecule has 0 aromatic rings. The lowest BCUT2D eigenvalue weighted by Gasteiger charge is -2.12. The van der Waals surface area contributed by atoms with Crippen LogP contribution in [0.5, 0.6) is 0 Å². The van der Waals surface area contributed by atoms with Gasteiger partial charge in [0.15, 0.2) is 0 Å². The molecular formula is C9H8N-. The summed E-state index contributed by atoms with van der Waals surface area (Å²) >= 11 is 0. The maximum atomic E-state index is 4.20. The first-order valence-corrected chi connectivity index (χ1v) is 3.35. The standard InChI is InChI=1S/C9H8N/c1-7-5-6-10-9-4-2-3-8(7)9/h2-6H,1H3/q-1. The fraction of sp³-hybridized carbons (Fsp3) is 0.111. The number of rotatable bonds is 0. The summed E-state index contributed by atoms with van der Waals surface area (Å²) in [6, 6.07) is 8.19. The summed E-state index contributed by atoms with van der Waals surface area (Å²) in [7, 11) is 0. The molecule has 0 atom stereocenters. The van der Waals surface area contributed by atoms with Crippen LogP contribution >= 0.6 is 0 Å². The van der Waals surface area contributed by atoms with E-state index in [0.29, 0.717) is 0 Å². The molecule has 0 unspecified atom stereocenters. The van der Waals surface area contributed by atoms with E-state index in [1.807, 2.05) is 24.4 Å². The number of hydrogen-bond donors (Lipinski definition) is 0. The quantitative estimate of drug-likeness (QED) is 0.532. The molecule has 2 rings (SSSR count). The molecule has 0 saturated heterocycles. The maximum Gasteiger partial charge on any atom is -0.0375 e. The zero-order valence-electron chi connectivity index (χ0n) is 5.83. The Hall–Kier alpha value is -1.24. The Kier molecular flexibility index (Phi) is 1.04. The number of fused-ring (bicyclic) bond motifs is 1. The first-order valence-electron chi connectivity index (χ1n) is 3.35. The van der Waals surface area contributed by atoms with Crippen LogP contribution < -0.4 is 4.98 Å². The van der Waals surface area contributed by atoms with Gasteiger partial charge in [-0.2, -0.15) is 6.20 Å². The third-order valence-electron chi connectivity index (χ3n) is 1.76. The molecule has 0 saturated carbocycles. The Morgan fingerprint density at radius 3 is 2.90 bits per heavy atom. The normalized spacial score (nSPS) is 10.5. The van der Waals surface area contributed by atoms with Gasteiger partial charge in [0.2, 0.25) is 0 Å². The van der Waals surface area contributed by atoms with E-state index < -0.39 is 0 Å². The van der Waals surface area contributed by atoms with Crippen molar-refractivity contribution in [1.82, 2.24) is 4.98 Å². The van der Waals surface area contributed by atoms with Crippen molar-refractivity contribution < 1.29 is 0 Å². The molecule has 1 nitrogen and oxygen atoms in total. The monoisotopic (exact) mass is 130 g/mol. The van der Waals surface area contributed by atoms with Gasteiger partial charge in [-0.1, -0.05) is 24.3 Å². The van der Waals surface area contributed by atoms with Crippen LogP contribution in [0, 0.1) is 6.92 Å². The molecule has 1 aliphatic carbocycles. The molecule has 0 fully saturated rings. The smallest absolute Gasteiger partial charge is 0.0375 e. The van der Waals surface area contributed by atoms with Gasteiger partial charge in [0.1, 0.15) is 0 Å². The minimum atomic E-state index is 1.10. The third-order valence-corrected chi connectivity index (χ3v) is 1.76. The predicted molar refractivity (Wildman–Crippen MR) is 41.1 cm³/mol. The first kappa shape index (κ1) is 5.54. The molecule has 0 amide bonds. The number of hydrogen-bond acceptors (Lipinski definition) is 0. The maximum absolute atomic E-state index is 4.20. The van der Waals surface area contributed by atoms with E-state index in [4.69, 9.17) is 0 Å². The molecule has 1 aliphatic heterocycles. The lowest BCUT2D eigenvalue weighted by Crippen LogP contribution is -1.84. The van der Waals surface area contributed by atoms with E-state index in [-0.39, 0.29) is 0 Å². The van der Waals surface area contributed by atoms with E-state index in [2.05, 4.69) is 18.0 Å². The Morgan fingerprint density at radius 1 is 1.20 bits per heavy atom. The fourth-order valence-electron chi connectivity index (χ4n) is 1.18. The number of pyridine rings is 1. The van der Waals surface area contributed by atoms with Crippen molar-refractivity contribution in [3.05, 3.63) is 36.0 Å². The topological polar surface area (TPSA) is 14.1 Å². The highest BCUT2D eigenvalue weighted by Gasteiger charge is 1.94. The predicted octanol–water partition coefficient (Wildman–Crippen LogP) is 2.06. The van der Waals surface area contributed by atoms with Crippen molar-refractivity contribution in [2.45, 2.75) is 6.92 Å². The highest BCUT2D eigenvalue weighted by atomic mass is 14.7. The number of aromatic nitrogens is 1. The molecule has 0 spiro atoms. The minimum Gasteiger partial charge on any atom is -0.664 e. The molecule has 1 heterocycles. The van der Waals surface area contributed by atoms with Gasteiger partial charge in [-0.15, -0.1) is 5.69 Å². The summed E-state index contributed by atoms with van der Waals surface area (Å²) in [5.41, 5.74) is 3.66. The van der Waals surface area contributed by atoms with E-state index in [1.165, 1.54) is 11.1 Å². The van der Waals surface area contributed by atoms with E-state index in [9.17, 15) is 0 Å². The Bertz CT molecular complexity index is 309. The molecular weight excluding hydrogens is 122 g/mol. The van der Waals surface area contributed by atoms with Crippen LogP contribution in [0.3, 0.4) is 0 Å². The highest BCUT2D eigenvalue weighted by Crippen LogP contribution is 2.22. The largest absolute Gasteiger partial charge is 0.664 e. The lowest BCUT2D eigenvalue weighted by atomic mass is 10.1. The second-order valence-corrected chi connectivity index (χ2v) is 2.45. The van der Waals surface area contributed by atoms with Gasteiger partial charge in [-0.3, -0.25) is 0 Å². The second-order valence-electron chi connectivity index (χ2n) is 2.45. The average molecular weight is 130 g/mol. The van der Waals surface area contributed by atoms with Crippen molar-refractivity contribution in [2.24, 2.45) is 0 Å². The van der Waals surface area contributed by atoms with Crippen LogP contribution in [0.1, 0.15) is 5.56 Å². The first-order chi connectivity index (χ1) is 4.88. The van der Waals surface area contributed by atoms with Crippen molar-refractivity contribution >= 4 is 0 Å². The molecule has 0 aromatic carbocycles. The van der Waals surface area contributed by atoms with Gasteiger partial charge in [0, 0.05) is 0 Å². The zero-order chi connectivity index (χ0) is 6.97. The molecule has 0 radical (unpaired) electrons. The fourth-order valence-corrected chi connectivity index (χ4v) is 1.18. The molecule has 0 aromatic heterocycles. The van der Waals surface area contributed by atoms with Gasteiger partial charge < -0.3 is 4.98 Å². The molecule has 0 N–H and O–H groups in total. The summed E-state index contributed by atoms with van der Waals surface area (Å²) in [5.74, 6) is 0. The van der Waals surface area contributed by atoms with Crippen LogP contribution in [-0.4, -0.2) is 0 Å². The van der Waals surface area contributed by atoms with E-state index in [1.54, 1.807) is 0 Å². The van der Waals surface area contributed by atoms with Gasteiger partial charge in [0.05, 0.1) is 0 Å². The molecule has 50 valence electrons. The van der Waals surface area contributed by atoms with E-state index in [0.717, 1.165) is 5.69 Å². The average Bonchev–Trinajstić information content (AvgIpc) is 2.36. The van der Waals surface area contributed by atoms with Crippen LogP contribution in [-0.2, 0) is 0 Å². The highest BCUT2D eigenvalue weighted by molar-refractivity contribution is 5.65. The zero-order valence-corrected chi connectivity index (χ0v) is 5.83. The number of nitrogens with zero attached hydrogens (tertiary/aromatic N) is 1. The minimum absolute atomic E-state index is 1.10. The van der Waals surface area contributed by atoms with Gasteiger partial charge >= 0.3 is 0 Å². The molecule has 1 heteroatoms. The molecule has 10 heavy (non-hydrogen) atoms. The summed E-state index contributed by atoms with van der Waals surface area (Å²) in [4.78, 5) is 4.20. The van der Waals surface area contributed by atoms with Crippen molar-refractivity contribution in [3.8, 4) is 11.3 Å². The summed E-state index contributed by atoms with van der Waals surface area (Å²) in [6.45, 7) is 2.10. The summed E-state index contributed by atoms with van der Waals surface area (Å²) < 4.78 is 0.